The molecule has 1 aliphatic rings. The van der Waals surface area contributed by atoms with E-state index in [1.165, 1.54) is 30.5 Å². The van der Waals surface area contributed by atoms with Crippen LogP contribution in [0.1, 0.15) is 43.4 Å². The molecule has 0 bridgehead atoms. The maximum absolute atomic E-state index is 10.8. The lowest BCUT2D eigenvalue weighted by Gasteiger charge is -2.25. The number of carbonyl (C=O) groups excluding carboxylic acids is 1. The average Bonchev–Trinajstić information content (AvgIpc) is 2.83. The Morgan fingerprint density at radius 2 is 2.32 bits per heavy atom. The highest BCUT2D eigenvalue weighted by Gasteiger charge is 2.25. The summed E-state index contributed by atoms with van der Waals surface area (Å²) in [5.74, 6) is 0.0663. The standard InChI is InChI=1S/C16H24N2O/c1-13-6-3-7-15(12-13)16-8-4-10-18(16)11-5-9-17-14(2)19/h3,6-7,12,16H,4-5,8-11H2,1-2H3,(H,17,19)/t16-/m1/s1. The number of nitrogens with zero attached hydrogens (tertiary/aromatic N) is 1. The van der Waals surface area contributed by atoms with Gasteiger partial charge in [0.1, 0.15) is 0 Å². The minimum Gasteiger partial charge on any atom is -0.356 e. The van der Waals surface area contributed by atoms with Crippen LogP contribution in [-0.2, 0) is 4.79 Å². The fourth-order valence-electron chi connectivity index (χ4n) is 2.90. The molecule has 1 aromatic rings. The van der Waals surface area contributed by atoms with Crippen LogP contribution in [0.15, 0.2) is 24.3 Å². The van der Waals surface area contributed by atoms with Crippen molar-refractivity contribution in [1.29, 1.82) is 0 Å². The van der Waals surface area contributed by atoms with Crippen LogP contribution in [0.2, 0.25) is 0 Å². The SMILES string of the molecule is CC(=O)NCCCN1CCC[C@@H]1c1cccc(C)c1. The van der Waals surface area contributed by atoms with Crippen molar-refractivity contribution in [3.05, 3.63) is 35.4 Å². The van der Waals surface area contributed by atoms with Gasteiger partial charge in [0.25, 0.3) is 0 Å². The topological polar surface area (TPSA) is 32.3 Å². The van der Waals surface area contributed by atoms with Crippen molar-refractivity contribution in [1.82, 2.24) is 10.2 Å². The molecule has 0 aromatic heterocycles. The van der Waals surface area contributed by atoms with E-state index in [9.17, 15) is 4.79 Å². The van der Waals surface area contributed by atoms with Gasteiger partial charge in [-0.2, -0.15) is 0 Å². The zero-order chi connectivity index (χ0) is 13.7. The fraction of sp³-hybridized carbons (Fsp3) is 0.562. The van der Waals surface area contributed by atoms with Crippen LogP contribution in [0.3, 0.4) is 0 Å². The van der Waals surface area contributed by atoms with Crippen LogP contribution in [0.4, 0.5) is 0 Å². The Balaban J connectivity index is 1.88. The molecule has 0 aliphatic carbocycles. The Hall–Kier alpha value is -1.35. The van der Waals surface area contributed by atoms with Crippen molar-refractivity contribution in [3.8, 4) is 0 Å². The molecule has 0 spiro atoms. The predicted molar refractivity (Wildman–Crippen MR) is 78.0 cm³/mol. The van der Waals surface area contributed by atoms with Gasteiger partial charge < -0.3 is 5.32 Å². The zero-order valence-corrected chi connectivity index (χ0v) is 12.0. The highest BCUT2D eigenvalue weighted by atomic mass is 16.1. The summed E-state index contributed by atoms with van der Waals surface area (Å²) in [6.45, 7) is 6.76. The minimum absolute atomic E-state index is 0.0663. The summed E-state index contributed by atoms with van der Waals surface area (Å²) in [6, 6.07) is 9.41. The lowest BCUT2D eigenvalue weighted by atomic mass is 10.0. The highest BCUT2D eigenvalue weighted by Crippen LogP contribution is 2.32. The number of carbonyl (C=O) groups is 1. The van der Waals surface area contributed by atoms with Crippen molar-refractivity contribution in [2.24, 2.45) is 0 Å². The van der Waals surface area contributed by atoms with Gasteiger partial charge in [-0.25, -0.2) is 0 Å². The Bertz CT molecular complexity index is 431. The van der Waals surface area contributed by atoms with Gasteiger partial charge in [-0.3, -0.25) is 9.69 Å². The lowest BCUT2D eigenvalue weighted by molar-refractivity contribution is -0.118. The molecule has 1 saturated heterocycles. The average molecular weight is 260 g/mol. The molecule has 1 amide bonds. The van der Waals surface area contributed by atoms with Gasteiger partial charge in [0.2, 0.25) is 5.91 Å². The maximum atomic E-state index is 10.8. The first-order chi connectivity index (χ1) is 9.16. The van der Waals surface area contributed by atoms with E-state index in [1.54, 1.807) is 6.92 Å². The van der Waals surface area contributed by atoms with E-state index in [0.29, 0.717) is 6.04 Å². The molecule has 1 fully saturated rings. The summed E-state index contributed by atoms with van der Waals surface area (Å²) in [5.41, 5.74) is 2.78. The molecule has 3 heteroatoms. The third-order valence-electron chi connectivity index (χ3n) is 3.79. The van der Waals surface area contributed by atoms with E-state index in [0.717, 1.165) is 19.5 Å². The Kier molecular flexibility index (Phi) is 4.97. The van der Waals surface area contributed by atoms with Crippen LogP contribution >= 0.6 is 0 Å². The Labute approximate surface area is 116 Å². The quantitative estimate of drug-likeness (QED) is 0.826. The predicted octanol–water partition coefficient (Wildman–Crippen LogP) is 2.66. The summed E-state index contributed by atoms with van der Waals surface area (Å²) in [4.78, 5) is 13.4. The van der Waals surface area contributed by atoms with E-state index in [1.807, 2.05) is 0 Å². The third kappa shape index (κ3) is 4.06. The molecule has 1 N–H and O–H groups in total. The smallest absolute Gasteiger partial charge is 0.216 e. The number of amides is 1. The Morgan fingerprint density at radius 1 is 1.47 bits per heavy atom. The van der Waals surface area contributed by atoms with E-state index in [2.05, 4.69) is 41.4 Å². The fourth-order valence-corrected chi connectivity index (χ4v) is 2.90. The Morgan fingerprint density at radius 3 is 3.05 bits per heavy atom. The molecule has 1 aliphatic heterocycles. The van der Waals surface area contributed by atoms with E-state index < -0.39 is 0 Å². The molecule has 1 aromatic carbocycles. The molecule has 104 valence electrons. The summed E-state index contributed by atoms with van der Waals surface area (Å²) in [6.07, 6.45) is 3.56. The van der Waals surface area contributed by atoms with Crippen molar-refractivity contribution >= 4 is 5.91 Å². The molecule has 3 nitrogen and oxygen atoms in total. The van der Waals surface area contributed by atoms with Crippen molar-refractivity contribution in [2.75, 3.05) is 19.6 Å². The first-order valence-electron chi connectivity index (χ1n) is 7.22. The van der Waals surface area contributed by atoms with Crippen LogP contribution in [0, 0.1) is 6.92 Å². The van der Waals surface area contributed by atoms with E-state index in [-0.39, 0.29) is 5.91 Å². The van der Waals surface area contributed by atoms with Gasteiger partial charge in [0.05, 0.1) is 0 Å². The molecule has 0 saturated carbocycles. The first kappa shape index (κ1) is 14.1. The number of aryl methyl sites for hydroxylation is 1. The second kappa shape index (κ2) is 6.71. The maximum Gasteiger partial charge on any atom is 0.216 e. The number of nitrogens with one attached hydrogen (secondary N) is 1. The van der Waals surface area contributed by atoms with E-state index in [4.69, 9.17) is 0 Å². The molecule has 19 heavy (non-hydrogen) atoms. The normalized spacial score (nSPS) is 19.6. The summed E-state index contributed by atoms with van der Waals surface area (Å²) in [5, 5.41) is 2.87. The summed E-state index contributed by atoms with van der Waals surface area (Å²) in [7, 11) is 0. The molecule has 1 atom stereocenters. The van der Waals surface area contributed by atoms with Crippen molar-refractivity contribution < 1.29 is 4.79 Å². The van der Waals surface area contributed by atoms with Gasteiger partial charge in [0.15, 0.2) is 0 Å². The molecule has 0 unspecified atom stereocenters. The molecule has 2 rings (SSSR count). The second-order valence-electron chi connectivity index (χ2n) is 5.44. The number of rotatable bonds is 5. The van der Waals surface area contributed by atoms with E-state index >= 15 is 0 Å². The third-order valence-corrected chi connectivity index (χ3v) is 3.79. The number of hydrogen-bond donors (Lipinski definition) is 1. The van der Waals surface area contributed by atoms with Crippen LogP contribution in [0.5, 0.6) is 0 Å². The highest BCUT2D eigenvalue weighted by molar-refractivity contribution is 5.72. The minimum atomic E-state index is 0.0663. The second-order valence-corrected chi connectivity index (χ2v) is 5.44. The molecule has 0 radical (unpaired) electrons. The summed E-state index contributed by atoms with van der Waals surface area (Å²) >= 11 is 0. The number of benzene rings is 1. The molecular weight excluding hydrogens is 236 g/mol. The molecular formula is C16H24N2O. The zero-order valence-electron chi connectivity index (χ0n) is 12.0. The van der Waals surface area contributed by atoms with Gasteiger partial charge in [-0.15, -0.1) is 0 Å². The number of hydrogen-bond acceptors (Lipinski definition) is 2. The number of likely N-dealkylation sites (tertiary alicyclic amines) is 1. The summed E-state index contributed by atoms with van der Waals surface area (Å²) < 4.78 is 0. The van der Waals surface area contributed by atoms with Crippen LogP contribution < -0.4 is 5.32 Å². The molecule has 1 heterocycles. The van der Waals surface area contributed by atoms with Gasteiger partial charge >= 0.3 is 0 Å². The first-order valence-corrected chi connectivity index (χ1v) is 7.22. The van der Waals surface area contributed by atoms with Gasteiger partial charge in [-0.05, 0) is 38.3 Å². The van der Waals surface area contributed by atoms with Gasteiger partial charge in [0, 0.05) is 26.1 Å². The monoisotopic (exact) mass is 260 g/mol. The lowest BCUT2D eigenvalue weighted by Crippen LogP contribution is -2.28. The van der Waals surface area contributed by atoms with Crippen LogP contribution in [0.25, 0.3) is 0 Å². The van der Waals surface area contributed by atoms with Gasteiger partial charge in [-0.1, -0.05) is 29.8 Å². The van der Waals surface area contributed by atoms with Crippen molar-refractivity contribution in [2.45, 2.75) is 39.2 Å². The van der Waals surface area contributed by atoms with Crippen molar-refractivity contribution in [3.63, 3.8) is 0 Å². The van der Waals surface area contributed by atoms with Crippen LogP contribution in [-0.4, -0.2) is 30.4 Å². The largest absolute Gasteiger partial charge is 0.356 e.